The Hall–Kier alpha value is -1.98. The molecule has 21 heavy (non-hydrogen) atoms. The predicted octanol–water partition coefficient (Wildman–Crippen LogP) is 4.27. The minimum absolute atomic E-state index is 0.644. The monoisotopic (exact) mass is 313 g/mol. The molecule has 3 rings (SSSR count). The van der Waals surface area contributed by atoms with Gasteiger partial charge in [0.1, 0.15) is 5.01 Å². The molecular weight excluding hydrogens is 298 g/mol. The first-order valence-electron chi connectivity index (χ1n) is 6.77. The molecule has 5 heteroatoms. The molecule has 3 nitrogen and oxygen atoms in total. The predicted molar refractivity (Wildman–Crippen MR) is 95.0 cm³/mol. The van der Waals surface area contributed by atoms with Crippen molar-refractivity contribution in [1.82, 2.24) is 10.3 Å². The lowest BCUT2D eigenvalue weighted by Gasteiger charge is -2.08. The zero-order valence-corrected chi connectivity index (χ0v) is 13.2. The molecule has 0 unspecified atom stereocenters. The van der Waals surface area contributed by atoms with Crippen LogP contribution in [0.15, 0.2) is 48.5 Å². The Morgan fingerprint density at radius 3 is 2.62 bits per heavy atom. The van der Waals surface area contributed by atoms with E-state index in [1.165, 1.54) is 4.70 Å². The van der Waals surface area contributed by atoms with Gasteiger partial charge in [0.15, 0.2) is 5.11 Å². The number of benzene rings is 2. The summed E-state index contributed by atoms with van der Waals surface area (Å²) in [7, 11) is 0. The maximum atomic E-state index is 5.17. The largest absolute Gasteiger partial charge is 0.363 e. The van der Waals surface area contributed by atoms with Crippen LogP contribution in [0.1, 0.15) is 6.92 Å². The number of nitrogens with zero attached hydrogens (tertiary/aromatic N) is 1. The van der Waals surface area contributed by atoms with Crippen LogP contribution in [0.2, 0.25) is 0 Å². The van der Waals surface area contributed by atoms with Crippen molar-refractivity contribution in [2.24, 2.45) is 0 Å². The first-order valence-corrected chi connectivity index (χ1v) is 7.99. The first kappa shape index (κ1) is 14.0. The van der Waals surface area contributed by atoms with Crippen molar-refractivity contribution >= 4 is 44.6 Å². The highest BCUT2D eigenvalue weighted by Gasteiger charge is 2.05. The molecule has 106 valence electrons. The van der Waals surface area contributed by atoms with Crippen molar-refractivity contribution in [3.8, 4) is 10.6 Å². The zero-order valence-electron chi connectivity index (χ0n) is 11.6. The van der Waals surface area contributed by atoms with Crippen LogP contribution in [0, 0.1) is 0 Å². The fourth-order valence-corrected chi connectivity index (χ4v) is 3.26. The van der Waals surface area contributed by atoms with Gasteiger partial charge in [0.2, 0.25) is 0 Å². The van der Waals surface area contributed by atoms with Gasteiger partial charge in [-0.1, -0.05) is 12.1 Å². The van der Waals surface area contributed by atoms with Crippen LogP contribution in [0.4, 0.5) is 5.69 Å². The van der Waals surface area contributed by atoms with Gasteiger partial charge in [-0.2, -0.15) is 0 Å². The molecule has 0 bridgehead atoms. The minimum Gasteiger partial charge on any atom is -0.363 e. The Balaban J connectivity index is 1.81. The van der Waals surface area contributed by atoms with Crippen molar-refractivity contribution in [3.63, 3.8) is 0 Å². The standard InChI is InChI=1S/C16H15N3S2/c1-2-17-16(20)18-12-9-7-11(8-10-12)15-19-13-5-3-4-6-14(13)21-15/h3-10H,2H2,1H3,(H2,17,18,20). The van der Waals surface area contributed by atoms with Gasteiger partial charge in [-0.15, -0.1) is 11.3 Å². The molecule has 1 aromatic heterocycles. The Morgan fingerprint density at radius 2 is 1.90 bits per heavy atom. The van der Waals surface area contributed by atoms with E-state index in [4.69, 9.17) is 12.2 Å². The number of thiazole rings is 1. The normalized spacial score (nSPS) is 10.5. The summed E-state index contributed by atoms with van der Waals surface area (Å²) in [4.78, 5) is 4.66. The quantitative estimate of drug-likeness (QED) is 0.708. The number of hydrogen-bond donors (Lipinski definition) is 2. The molecular formula is C16H15N3S2. The molecule has 0 saturated carbocycles. The highest BCUT2D eigenvalue weighted by atomic mass is 32.1. The Kier molecular flexibility index (Phi) is 4.13. The van der Waals surface area contributed by atoms with Crippen LogP contribution in [-0.2, 0) is 0 Å². The van der Waals surface area contributed by atoms with Crippen molar-refractivity contribution in [1.29, 1.82) is 0 Å². The zero-order chi connectivity index (χ0) is 14.7. The van der Waals surface area contributed by atoms with Crippen molar-refractivity contribution in [3.05, 3.63) is 48.5 Å². The van der Waals surface area contributed by atoms with Gasteiger partial charge in [0.05, 0.1) is 10.2 Å². The molecule has 1 heterocycles. The van der Waals surface area contributed by atoms with E-state index in [1.54, 1.807) is 11.3 Å². The van der Waals surface area contributed by atoms with Crippen LogP contribution < -0.4 is 10.6 Å². The molecule has 0 aliphatic rings. The summed E-state index contributed by atoms with van der Waals surface area (Å²) in [6, 6.07) is 16.4. The number of anilines is 1. The summed E-state index contributed by atoms with van der Waals surface area (Å²) in [5.41, 5.74) is 3.15. The summed E-state index contributed by atoms with van der Waals surface area (Å²) in [6.45, 7) is 2.83. The van der Waals surface area contributed by atoms with Crippen LogP contribution in [0.3, 0.4) is 0 Å². The average Bonchev–Trinajstić information content (AvgIpc) is 2.92. The fourth-order valence-electron chi connectivity index (χ4n) is 2.03. The summed E-state index contributed by atoms with van der Waals surface area (Å²) < 4.78 is 1.21. The number of rotatable bonds is 3. The van der Waals surface area contributed by atoms with E-state index in [1.807, 2.05) is 37.3 Å². The molecule has 0 aliphatic carbocycles. The van der Waals surface area contributed by atoms with Crippen LogP contribution >= 0.6 is 23.6 Å². The van der Waals surface area contributed by atoms with E-state index in [9.17, 15) is 0 Å². The lowest BCUT2D eigenvalue weighted by atomic mass is 10.2. The van der Waals surface area contributed by atoms with Crippen molar-refractivity contribution < 1.29 is 0 Å². The Labute approximate surface area is 133 Å². The SMILES string of the molecule is CCNC(=S)Nc1ccc(-c2nc3ccccc3s2)cc1. The second kappa shape index (κ2) is 6.20. The number of nitrogens with one attached hydrogen (secondary N) is 2. The molecule has 3 aromatic rings. The highest BCUT2D eigenvalue weighted by molar-refractivity contribution is 7.80. The summed E-state index contributed by atoms with van der Waals surface area (Å²) in [5, 5.41) is 7.90. The molecule has 0 aliphatic heterocycles. The van der Waals surface area contributed by atoms with Crippen LogP contribution in [0.5, 0.6) is 0 Å². The number of fused-ring (bicyclic) bond motifs is 1. The van der Waals surface area contributed by atoms with Gasteiger partial charge in [-0.3, -0.25) is 0 Å². The van der Waals surface area contributed by atoms with Crippen LogP contribution in [0.25, 0.3) is 20.8 Å². The van der Waals surface area contributed by atoms with E-state index in [2.05, 4.69) is 33.8 Å². The molecule has 0 atom stereocenters. The third kappa shape index (κ3) is 3.20. The molecule has 0 amide bonds. The van der Waals surface area contributed by atoms with E-state index in [-0.39, 0.29) is 0 Å². The molecule has 2 aromatic carbocycles. The van der Waals surface area contributed by atoms with E-state index < -0.39 is 0 Å². The molecule has 0 saturated heterocycles. The van der Waals surface area contributed by atoms with Gasteiger partial charge in [0.25, 0.3) is 0 Å². The number of hydrogen-bond acceptors (Lipinski definition) is 3. The average molecular weight is 313 g/mol. The summed E-state index contributed by atoms with van der Waals surface area (Å²) >= 11 is 6.88. The maximum absolute atomic E-state index is 5.17. The van der Waals surface area contributed by atoms with Crippen LogP contribution in [-0.4, -0.2) is 16.6 Å². The minimum atomic E-state index is 0.644. The Morgan fingerprint density at radius 1 is 1.14 bits per heavy atom. The smallest absolute Gasteiger partial charge is 0.170 e. The van der Waals surface area contributed by atoms with Gasteiger partial charge in [-0.25, -0.2) is 4.98 Å². The van der Waals surface area contributed by atoms with Gasteiger partial charge in [-0.05, 0) is 55.5 Å². The number of para-hydroxylation sites is 1. The maximum Gasteiger partial charge on any atom is 0.170 e. The van der Waals surface area contributed by atoms with Crippen molar-refractivity contribution in [2.75, 3.05) is 11.9 Å². The number of aromatic nitrogens is 1. The number of thiocarbonyl (C=S) groups is 1. The third-order valence-corrected chi connectivity index (χ3v) is 4.35. The summed E-state index contributed by atoms with van der Waals surface area (Å²) in [5.74, 6) is 0. The lowest BCUT2D eigenvalue weighted by Crippen LogP contribution is -2.27. The fraction of sp³-hybridized carbons (Fsp3) is 0.125. The summed E-state index contributed by atoms with van der Waals surface area (Å²) in [6.07, 6.45) is 0. The second-order valence-corrected chi connectivity index (χ2v) is 5.99. The molecule has 2 N–H and O–H groups in total. The molecule has 0 fully saturated rings. The first-order chi connectivity index (χ1) is 10.3. The van der Waals surface area contributed by atoms with Gasteiger partial charge < -0.3 is 10.6 Å². The highest BCUT2D eigenvalue weighted by Crippen LogP contribution is 2.30. The topological polar surface area (TPSA) is 37.0 Å². The van der Waals surface area contributed by atoms with Crippen molar-refractivity contribution in [2.45, 2.75) is 6.92 Å². The van der Waals surface area contributed by atoms with E-state index in [0.29, 0.717) is 5.11 Å². The third-order valence-electron chi connectivity index (χ3n) is 3.02. The van der Waals surface area contributed by atoms with E-state index >= 15 is 0 Å². The Bertz CT molecular complexity index is 730. The van der Waals surface area contributed by atoms with Gasteiger partial charge in [0, 0.05) is 17.8 Å². The molecule has 0 spiro atoms. The van der Waals surface area contributed by atoms with E-state index in [0.717, 1.165) is 28.3 Å². The second-order valence-electron chi connectivity index (χ2n) is 4.55. The molecule has 0 radical (unpaired) electrons. The van der Waals surface area contributed by atoms with Gasteiger partial charge >= 0.3 is 0 Å². The lowest BCUT2D eigenvalue weighted by molar-refractivity contribution is 0.979.